The zero-order valence-corrected chi connectivity index (χ0v) is 23.9. The lowest BCUT2D eigenvalue weighted by molar-refractivity contribution is -0.152. The molecule has 3 rings (SSSR count). The van der Waals surface area contributed by atoms with Crippen LogP contribution >= 0.6 is 0 Å². The standard InChI is InChI=1S/C31H28F9NO4/c1-28(2,27(43)44)45-24-7-3-5-19(15-24)6-4-14-41(26(42)16-20-8-11-22(12-9-20)29(32,33)34)18-21-10-13-23(30(35,36)37)17-25(21)31(38,39)40/h3,5,7-13,15,17H,4,6,14,16,18H2,1-2H3,(H,43,44). The molecule has 0 aromatic heterocycles. The van der Waals surface area contributed by atoms with Gasteiger partial charge in [0.2, 0.25) is 5.91 Å². The van der Waals surface area contributed by atoms with Gasteiger partial charge in [-0.2, -0.15) is 39.5 Å². The highest BCUT2D eigenvalue weighted by Gasteiger charge is 2.38. The van der Waals surface area contributed by atoms with E-state index in [9.17, 15) is 54.2 Å². The number of carbonyl (C=O) groups is 2. The maximum absolute atomic E-state index is 13.8. The maximum atomic E-state index is 13.8. The SMILES string of the molecule is CC(C)(Oc1cccc(CCCN(Cc2ccc(C(F)(F)F)cc2C(F)(F)F)C(=O)Cc2ccc(C(F)(F)F)cc2)c1)C(=O)O. The van der Waals surface area contributed by atoms with Gasteiger partial charge in [-0.15, -0.1) is 0 Å². The average molecular weight is 650 g/mol. The monoisotopic (exact) mass is 649 g/mol. The van der Waals surface area contributed by atoms with Crippen molar-refractivity contribution >= 4 is 11.9 Å². The molecule has 0 spiro atoms. The average Bonchev–Trinajstić information content (AvgIpc) is 2.91. The number of carboxylic acids is 1. The lowest BCUT2D eigenvalue weighted by atomic mass is 10.0. The summed E-state index contributed by atoms with van der Waals surface area (Å²) in [5.74, 6) is -1.74. The van der Waals surface area contributed by atoms with Crippen LogP contribution in [0.5, 0.6) is 5.75 Å². The summed E-state index contributed by atoms with van der Waals surface area (Å²) in [5.41, 5.74) is -5.42. The van der Waals surface area contributed by atoms with Gasteiger partial charge in [-0.05, 0) is 79.8 Å². The van der Waals surface area contributed by atoms with Gasteiger partial charge in [-0.3, -0.25) is 4.79 Å². The number of halogens is 9. The fraction of sp³-hybridized carbons (Fsp3) is 0.355. The smallest absolute Gasteiger partial charge is 0.416 e. The Morgan fingerprint density at radius 3 is 1.91 bits per heavy atom. The van der Waals surface area contributed by atoms with Crippen LogP contribution in [0.3, 0.4) is 0 Å². The van der Waals surface area contributed by atoms with Gasteiger partial charge in [0, 0.05) is 13.1 Å². The first-order valence-corrected chi connectivity index (χ1v) is 13.4. The van der Waals surface area contributed by atoms with Crippen LogP contribution < -0.4 is 4.74 Å². The van der Waals surface area contributed by atoms with Gasteiger partial charge < -0.3 is 14.7 Å². The van der Waals surface area contributed by atoms with E-state index in [4.69, 9.17) is 4.74 Å². The van der Waals surface area contributed by atoms with E-state index in [0.717, 1.165) is 29.2 Å². The van der Waals surface area contributed by atoms with Crippen molar-refractivity contribution in [3.05, 3.63) is 100 Å². The molecule has 1 N–H and O–H groups in total. The topological polar surface area (TPSA) is 66.8 Å². The van der Waals surface area contributed by atoms with Crippen molar-refractivity contribution in [1.82, 2.24) is 4.90 Å². The molecule has 0 aliphatic rings. The first-order chi connectivity index (χ1) is 20.7. The van der Waals surface area contributed by atoms with E-state index in [0.29, 0.717) is 17.7 Å². The molecular formula is C31H28F9NO4. The summed E-state index contributed by atoms with van der Waals surface area (Å²) >= 11 is 0. The van der Waals surface area contributed by atoms with E-state index in [1.165, 1.54) is 19.9 Å². The molecule has 3 aromatic carbocycles. The fourth-order valence-electron chi connectivity index (χ4n) is 4.33. The highest BCUT2D eigenvalue weighted by Crippen LogP contribution is 2.38. The molecule has 1 amide bonds. The predicted molar refractivity (Wildman–Crippen MR) is 144 cm³/mol. The molecule has 5 nitrogen and oxygen atoms in total. The predicted octanol–water partition coefficient (Wildman–Crippen LogP) is 8.19. The van der Waals surface area contributed by atoms with Crippen LogP contribution in [0.4, 0.5) is 39.5 Å². The number of carboxylic acid groups (broad SMARTS) is 1. The Balaban J connectivity index is 1.86. The molecule has 45 heavy (non-hydrogen) atoms. The van der Waals surface area contributed by atoms with Crippen LogP contribution in [-0.2, 0) is 47.5 Å². The summed E-state index contributed by atoms with van der Waals surface area (Å²) in [4.78, 5) is 25.7. The van der Waals surface area contributed by atoms with Gasteiger partial charge in [0.15, 0.2) is 5.60 Å². The zero-order chi connectivity index (χ0) is 33.8. The molecular weight excluding hydrogens is 621 g/mol. The number of hydrogen-bond donors (Lipinski definition) is 1. The normalized spacial score (nSPS) is 12.6. The van der Waals surface area contributed by atoms with Crippen molar-refractivity contribution in [2.75, 3.05) is 6.54 Å². The molecule has 0 aliphatic heterocycles. The summed E-state index contributed by atoms with van der Waals surface area (Å²) in [6, 6.07) is 11.1. The number of hydrogen-bond acceptors (Lipinski definition) is 3. The Bertz CT molecular complexity index is 1490. The van der Waals surface area contributed by atoms with Crippen molar-refractivity contribution in [3.8, 4) is 5.75 Å². The number of carbonyl (C=O) groups excluding carboxylic acids is 1. The van der Waals surface area contributed by atoms with Crippen LogP contribution in [0.2, 0.25) is 0 Å². The first-order valence-electron chi connectivity index (χ1n) is 13.4. The quantitative estimate of drug-likeness (QED) is 0.213. The van der Waals surface area contributed by atoms with E-state index in [2.05, 4.69) is 0 Å². The summed E-state index contributed by atoms with van der Waals surface area (Å²) < 4.78 is 125. The third-order valence-electron chi connectivity index (χ3n) is 6.77. The highest BCUT2D eigenvalue weighted by molar-refractivity contribution is 5.79. The number of aliphatic carboxylic acids is 1. The maximum Gasteiger partial charge on any atom is 0.416 e. The Kier molecular flexibility index (Phi) is 10.5. The van der Waals surface area contributed by atoms with Crippen molar-refractivity contribution in [3.63, 3.8) is 0 Å². The molecule has 0 aliphatic carbocycles. The van der Waals surface area contributed by atoms with Gasteiger partial charge in [0.1, 0.15) is 5.75 Å². The number of amides is 1. The van der Waals surface area contributed by atoms with Crippen molar-refractivity contribution in [2.45, 2.75) is 63.8 Å². The van der Waals surface area contributed by atoms with Gasteiger partial charge in [-0.25, -0.2) is 4.79 Å². The van der Waals surface area contributed by atoms with E-state index in [-0.39, 0.29) is 36.8 Å². The van der Waals surface area contributed by atoms with Crippen LogP contribution in [0.15, 0.2) is 66.7 Å². The Morgan fingerprint density at radius 1 is 0.756 bits per heavy atom. The molecule has 0 bridgehead atoms. The van der Waals surface area contributed by atoms with Gasteiger partial charge in [-0.1, -0.05) is 30.3 Å². The van der Waals surface area contributed by atoms with Crippen LogP contribution in [0, 0.1) is 0 Å². The second-order valence-corrected chi connectivity index (χ2v) is 10.7. The number of aryl methyl sites for hydroxylation is 1. The van der Waals surface area contributed by atoms with Crippen LogP contribution in [0.1, 0.15) is 53.6 Å². The summed E-state index contributed by atoms with van der Waals surface area (Å²) in [6.07, 6.45) is -14.9. The zero-order valence-electron chi connectivity index (χ0n) is 23.9. The third-order valence-corrected chi connectivity index (χ3v) is 6.77. The first kappa shape index (κ1) is 35.3. The molecule has 0 radical (unpaired) electrons. The number of nitrogens with zero attached hydrogens (tertiary/aromatic N) is 1. The second kappa shape index (κ2) is 13.4. The Labute approximate surface area is 252 Å². The largest absolute Gasteiger partial charge is 0.478 e. The second-order valence-electron chi connectivity index (χ2n) is 10.7. The Hall–Kier alpha value is -4.23. The summed E-state index contributed by atoms with van der Waals surface area (Å²) in [5, 5.41) is 9.29. The minimum absolute atomic E-state index is 0.0298. The highest BCUT2D eigenvalue weighted by atomic mass is 19.4. The molecule has 0 atom stereocenters. The number of rotatable bonds is 11. The minimum Gasteiger partial charge on any atom is -0.478 e. The molecule has 3 aromatic rings. The van der Waals surface area contributed by atoms with E-state index >= 15 is 0 Å². The van der Waals surface area contributed by atoms with Gasteiger partial charge in [0.05, 0.1) is 23.1 Å². The fourth-order valence-corrected chi connectivity index (χ4v) is 4.33. The van der Waals surface area contributed by atoms with E-state index in [1.54, 1.807) is 18.2 Å². The van der Waals surface area contributed by atoms with Crippen LogP contribution in [0.25, 0.3) is 0 Å². The number of ether oxygens (including phenoxy) is 1. The third kappa shape index (κ3) is 9.88. The molecule has 0 unspecified atom stereocenters. The lowest BCUT2D eigenvalue weighted by Gasteiger charge is -2.26. The number of benzene rings is 3. The molecule has 244 valence electrons. The lowest BCUT2D eigenvalue weighted by Crippen LogP contribution is -2.37. The van der Waals surface area contributed by atoms with Crippen LogP contribution in [-0.4, -0.2) is 34.0 Å². The summed E-state index contributed by atoms with van der Waals surface area (Å²) in [7, 11) is 0. The Morgan fingerprint density at radius 2 is 1.36 bits per heavy atom. The molecule has 14 heteroatoms. The molecule has 0 heterocycles. The van der Waals surface area contributed by atoms with Gasteiger partial charge >= 0.3 is 24.5 Å². The number of alkyl halides is 9. The summed E-state index contributed by atoms with van der Waals surface area (Å²) in [6.45, 7) is 1.81. The van der Waals surface area contributed by atoms with Crippen molar-refractivity contribution in [1.29, 1.82) is 0 Å². The van der Waals surface area contributed by atoms with Crippen molar-refractivity contribution < 1.29 is 58.9 Å². The minimum atomic E-state index is -5.18. The molecule has 0 saturated carbocycles. The van der Waals surface area contributed by atoms with Crippen molar-refractivity contribution in [2.24, 2.45) is 0 Å². The van der Waals surface area contributed by atoms with E-state index < -0.39 is 71.2 Å². The van der Waals surface area contributed by atoms with E-state index in [1.807, 2.05) is 0 Å². The molecule has 0 fully saturated rings. The van der Waals surface area contributed by atoms with Gasteiger partial charge in [0.25, 0.3) is 0 Å². The molecule has 0 saturated heterocycles.